The molecule has 4 nitrogen and oxygen atoms in total. The van der Waals surface area contributed by atoms with Crippen LogP contribution in [0.15, 0.2) is 24.3 Å². The quantitative estimate of drug-likeness (QED) is 0.799. The van der Waals surface area contributed by atoms with Gasteiger partial charge in [0.05, 0.1) is 4.58 Å². The van der Waals surface area contributed by atoms with Crippen molar-refractivity contribution in [3.63, 3.8) is 0 Å². The first-order valence-corrected chi connectivity index (χ1v) is 9.71. The van der Waals surface area contributed by atoms with Crippen molar-refractivity contribution in [2.45, 2.75) is 17.9 Å². The standard InChI is InChI=1S/C16H24N2O2S2/c1-12(9-17)10-18-15(19)11-20-14-5-3-13(4-6-14)16-21-7-2-8-22-16/h3-6,12,16H,2,7-11,17H2,1H3,(H,18,19). The summed E-state index contributed by atoms with van der Waals surface area (Å²) in [6, 6.07) is 8.08. The lowest BCUT2D eigenvalue weighted by atomic mass is 10.2. The first-order chi connectivity index (χ1) is 10.7. The second-order valence-electron chi connectivity index (χ2n) is 5.43. The van der Waals surface area contributed by atoms with Gasteiger partial charge in [-0.2, -0.15) is 0 Å². The fourth-order valence-corrected chi connectivity index (χ4v) is 4.87. The van der Waals surface area contributed by atoms with Gasteiger partial charge in [-0.25, -0.2) is 0 Å². The number of thioether (sulfide) groups is 2. The van der Waals surface area contributed by atoms with Crippen molar-refractivity contribution >= 4 is 29.4 Å². The van der Waals surface area contributed by atoms with E-state index in [0.29, 0.717) is 17.7 Å². The molecule has 3 N–H and O–H groups in total. The molecule has 0 saturated carbocycles. The van der Waals surface area contributed by atoms with Crippen LogP contribution in [0.25, 0.3) is 0 Å². The van der Waals surface area contributed by atoms with Crippen LogP contribution in [-0.4, -0.2) is 37.1 Å². The van der Waals surface area contributed by atoms with E-state index in [4.69, 9.17) is 10.5 Å². The highest BCUT2D eigenvalue weighted by molar-refractivity contribution is 8.16. The molecular weight excluding hydrogens is 316 g/mol. The second-order valence-corrected chi connectivity index (χ2v) is 8.15. The summed E-state index contributed by atoms with van der Waals surface area (Å²) in [5, 5.41) is 2.82. The molecule has 1 saturated heterocycles. The maximum atomic E-state index is 11.7. The number of carbonyl (C=O) groups is 1. The maximum absolute atomic E-state index is 11.7. The van der Waals surface area contributed by atoms with E-state index >= 15 is 0 Å². The number of amides is 1. The minimum Gasteiger partial charge on any atom is -0.484 e. The molecule has 0 radical (unpaired) electrons. The average molecular weight is 341 g/mol. The van der Waals surface area contributed by atoms with Crippen molar-refractivity contribution < 1.29 is 9.53 Å². The molecule has 1 amide bonds. The lowest BCUT2D eigenvalue weighted by Gasteiger charge is -2.21. The Balaban J connectivity index is 1.75. The predicted molar refractivity (Wildman–Crippen MR) is 95.4 cm³/mol. The zero-order valence-corrected chi connectivity index (χ0v) is 14.6. The van der Waals surface area contributed by atoms with Crippen LogP contribution in [0.3, 0.4) is 0 Å². The van der Waals surface area contributed by atoms with Crippen molar-refractivity contribution in [2.24, 2.45) is 11.7 Å². The van der Waals surface area contributed by atoms with Gasteiger partial charge in [0, 0.05) is 6.54 Å². The van der Waals surface area contributed by atoms with Gasteiger partial charge in [0.15, 0.2) is 6.61 Å². The molecule has 22 heavy (non-hydrogen) atoms. The summed E-state index contributed by atoms with van der Waals surface area (Å²) in [6.07, 6.45) is 1.30. The molecule has 1 aromatic rings. The zero-order valence-electron chi connectivity index (χ0n) is 12.9. The normalized spacial score (nSPS) is 17.0. The minimum absolute atomic E-state index is 0.0452. The summed E-state index contributed by atoms with van der Waals surface area (Å²) in [7, 11) is 0. The Hall–Kier alpha value is -0.850. The van der Waals surface area contributed by atoms with Gasteiger partial charge in [0.2, 0.25) is 0 Å². The van der Waals surface area contributed by atoms with E-state index in [1.165, 1.54) is 23.5 Å². The SMILES string of the molecule is CC(CN)CNC(=O)COc1ccc(C2SCCCS2)cc1. The van der Waals surface area contributed by atoms with Gasteiger partial charge in [-0.15, -0.1) is 23.5 Å². The van der Waals surface area contributed by atoms with E-state index in [2.05, 4.69) is 17.4 Å². The first-order valence-electron chi connectivity index (χ1n) is 7.61. The third-order valence-electron chi connectivity index (χ3n) is 3.40. The van der Waals surface area contributed by atoms with Crippen LogP contribution in [0.2, 0.25) is 0 Å². The number of carbonyl (C=O) groups excluding carboxylic acids is 1. The van der Waals surface area contributed by atoms with Crippen LogP contribution in [0.1, 0.15) is 23.5 Å². The van der Waals surface area contributed by atoms with E-state index in [9.17, 15) is 4.79 Å². The lowest BCUT2D eigenvalue weighted by molar-refractivity contribution is -0.123. The van der Waals surface area contributed by atoms with Gasteiger partial charge >= 0.3 is 0 Å². The Labute approximate surface area is 140 Å². The number of ether oxygens (including phenoxy) is 1. The molecule has 2 rings (SSSR count). The number of nitrogens with two attached hydrogens (primary N) is 1. The fraction of sp³-hybridized carbons (Fsp3) is 0.562. The van der Waals surface area contributed by atoms with Crippen LogP contribution in [0.5, 0.6) is 5.75 Å². The molecule has 1 heterocycles. The molecule has 0 bridgehead atoms. The van der Waals surface area contributed by atoms with E-state index in [1.807, 2.05) is 42.6 Å². The molecule has 1 aromatic carbocycles. The minimum atomic E-state index is -0.109. The monoisotopic (exact) mass is 340 g/mol. The van der Waals surface area contributed by atoms with E-state index in [0.717, 1.165) is 5.75 Å². The van der Waals surface area contributed by atoms with Crippen molar-refractivity contribution in [1.82, 2.24) is 5.32 Å². The van der Waals surface area contributed by atoms with Crippen LogP contribution < -0.4 is 15.8 Å². The molecule has 0 spiro atoms. The molecule has 0 aliphatic carbocycles. The Morgan fingerprint density at radius 1 is 1.36 bits per heavy atom. The Morgan fingerprint density at radius 3 is 2.68 bits per heavy atom. The summed E-state index contributed by atoms with van der Waals surface area (Å²) in [6.45, 7) is 3.21. The van der Waals surface area contributed by atoms with E-state index < -0.39 is 0 Å². The maximum Gasteiger partial charge on any atom is 0.257 e. The molecular formula is C16H24N2O2S2. The smallest absolute Gasteiger partial charge is 0.257 e. The largest absolute Gasteiger partial charge is 0.484 e. The van der Waals surface area contributed by atoms with Crippen LogP contribution in [-0.2, 0) is 4.79 Å². The first kappa shape index (κ1) is 17.5. The Morgan fingerprint density at radius 2 is 2.05 bits per heavy atom. The zero-order chi connectivity index (χ0) is 15.8. The molecule has 1 aliphatic heterocycles. The van der Waals surface area contributed by atoms with Gasteiger partial charge < -0.3 is 15.8 Å². The summed E-state index contributed by atoms with van der Waals surface area (Å²) in [5.74, 6) is 3.38. The summed E-state index contributed by atoms with van der Waals surface area (Å²) >= 11 is 4.00. The molecule has 1 aliphatic rings. The third kappa shape index (κ3) is 5.74. The Kier molecular flexibility index (Phi) is 7.42. The van der Waals surface area contributed by atoms with Crippen molar-refractivity contribution in [3.05, 3.63) is 29.8 Å². The summed E-state index contributed by atoms with van der Waals surface area (Å²) in [5.41, 5.74) is 6.84. The molecule has 1 atom stereocenters. The average Bonchev–Trinajstić information content (AvgIpc) is 2.59. The van der Waals surface area contributed by atoms with Gasteiger partial charge in [-0.05, 0) is 48.1 Å². The Bertz CT molecular complexity index is 462. The lowest BCUT2D eigenvalue weighted by Crippen LogP contribution is -2.34. The van der Waals surface area contributed by atoms with Gasteiger partial charge in [0.1, 0.15) is 5.75 Å². The number of nitrogens with one attached hydrogen (secondary N) is 1. The van der Waals surface area contributed by atoms with E-state index in [1.54, 1.807) is 0 Å². The number of benzene rings is 1. The topological polar surface area (TPSA) is 64.3 Å². The van der Waals surface area contributed by atoms with Gasteiger partial charge in [-0.3, -0.25) is 4.79 Å². The highest BCUT2D eigenvalue weighted by Gasteiger charge is 2.16. The second kappa shape index (κ2) is 9.33. The number of rotatable bonds is 7. The highest BCUT2D eigenvalue weighted by atomic mass is 32.2. The van der Waals surface area contributed by atoms with Crippen LogP contribution >= 0.6 is 23.5 Å². The van der Waals surface area contributed by atoms with E-state index in [-0.39, 0.29) is 18.4 Å². The van der Waals surface area contributed by atoms with Crippen molar-refractivity contribution in [3.8, 4) is 5.75 Å². The molecule has 6 heteroatoms. The highest BCUT2D eigenvalue weighted by Crippen LogP contribution is 2.43. The van der Waals surface area contributed by atoms with Crippen LogP contribution in [0, 0.1) is 5.92 Å². The van der Waals surface area contributed by atoms with Crippen molar-refractivity contribution in [2.75, 3.05) is 31.2 Å². The molecule has 122 valence electrons. The van der Waals surface area contributed by atoms with Crippen molar-refractivity contribution in [1.29, 1.82) is 0 Å². The number of hydrogen-bond acceptors (Lipinski definition) is 5. The van der Waals surface area contributed by atoms with Gasteiger partial charge in [-0.1, -0.05) is 19.1 Å². The third-order valence-corrected chi connectivity index (χ3v) is 6.41. The summed E-state index contributed by atoms with van der Waals surface area (Å²) < 4.78 is 6.05. The molecule has 1 fully saturated rings. The predicted octanol–water partition coefficient (Wildman–Crippen LogP) is 2.65. The summed E-state index contributed by atoms with van der Waals surface area (Å²) in [4.78, 5) is 11.7. The van der Waals surface area contributed by atoms with Crippen LogP contribution in [0.4, 0.5) is 0 Å². The number of hydrogen-bond donors (Lipinski definition) is 2. The molecule has 0 aromatic heterocycles. The fourth-order valence-electron chi connectivity index (χ4n) is 1.97. The van der Waals surface area contributed by atoms with Gasteiger partial charge in [0.25, 0.3) is 5.91 Å². The molecule has 1 unspecified atom stereocenters.